The summed E-state index contributed by atoms with van der Waals surface area (Å²) in [6, 6.07) is 11.6. The quantitative estimate of drug-likeness (QED) is 0.666. The lowest BCUT2D eigenvalue weighted by Crippen LogP contribution is -2.22. The molecule has 1 aliphatic rings. The van der Waals surface area contributed by atoms with E-state index in [4.69, 9.17) is 9.84 Å². The fourth-order valence-corrected chi connectivity index (χ4v) is 3.24. The number of benzene rings is 2. The van der Waals surface area contributed by atoms with Gasteiger partial charge in [0.25, 0.3) is 5.91 Å². The van der Waals surface area contributed by atoms with Crippen molar-refractivity contribution in [1.29, 1.82) is 0 Å². The number of amidine groups is 1. The molecule has 1 fully saturated rings. The average molecular weight is 398 g/mol. The van der Waals surface area contributed by atoms with Crippen molar-refractivity contribution >= 4 is 40.6 Å². The second-order valence-corrected chi connectivity index (χ2v) is 7.15. The number of ether oxygens (including phenoxy) is 1. The van der Waals surface area contributed by atoms with E-state index in [0.29, 0.717) is 21.5 Å². The molecule has 0 aromatic heterocycles. The number of carboxylic acids is 1. The second kappa shape index (κ2) is 8.18. The van der Waals surface area contributed by atoms with Crippen LogP contribution in [0.2, 0.25) is 0 Å². The summed E-state index contributed by atoms with van der Waals surface area (Å²) in [6.45, 7) is 3.28. The molecule has 28 heavy (non-hydrogen) atoms. The number of hydrogen-bond donors (Lipinski definition) is 3. The highest BCUT2D eigenvalue weighted by atomic mass is 32.2. The summed E-state index contributed by atoms with van der Waals surface area (Å²) in [5.41, 5.74) is 2.23. The summed E-state index contributed by atoms with van der Waals surface area (Å²) in [7, 11) is 0. The molecule has 1 amide bonds. The SMILES string of the molecule is Cc1cc(O)ccc1N=C1NC(=O)/C(=C\c2ccc(OC(C)C(=O)O)cc2)S1. The van der Waals surface area contributed by atoms with Crippen molar-refractivity contribution in [3.05, 3.63) is 58.5 Å². The lowest BCUT2D eigenvalue weighted by atomic mass is 10.2. The van der Waals surface area contributed by atoms with Crippen molar-refractivity contribution in [3.8, 4) is 11.5 Å². The van der Waals surface area contributed by atoms with Crippen LogP contribution in [0, 0.1) is 6.92 Å². The van der Waals surface area contributed by atoms with E-state index in [1.807, 2.05) is 6.92 Å². The molecule has 1 saturated heterocycles. The lowest BCUT2D eigenvalue weighted by molar-refractivity contribution is -0.144. The summed E-state index contributed by atoms with van der Waals surface area (Å²) >= 11 is 1.22. The van der Waals surface area contributed by atoms with Crippen LogP contribution in [0.4, 0.5) is 5.69 Å². The molecule has 1 aliphatic heterocycles. The molecule has 1 unspecified atom stereocenters. The highest BCUT2D eigenvalue weighted by Gasteiger charge is 2.24. The first-order valence-electron chi connectivity index (χ1n) is 8.40. The smallest absolute Gasteiger partial charge is 0.344 e. The topological polar surface area (TPSA) is 108 Å². The van der Waals surface area contributed by atoms with E-state index in [2.05, 4.69) is 10.3 Å². The first-order valence-corrected chi connectivity index (χ1v) is 9.22. The molecule has 1 heterocycles. The second-order valence-electron chi connectivity index (χ2n) is 6.12. The van der Waals surface area contributed by atoms with E-state index < -0.39 is 12.1 Å². The molecule has 0 aliphatic carbocycles. The number of carbonyl (C=O) groups excluding carboxylic acids is 1. The monoisotopic (exact) mass is 398 g/mol. The van der Waals surface area contributed by atoms with Crippen LogP contribution in [0.1, 0.15) is 18.1 Å². The molecular weight excluding hydrogens is 380 g/mol. The Morgan fingerprint density at radius 2 is 1.96 bits per heavy atom. The minimum absolute atomic E-state index is 0.162. The van der Waals surface area contributed by atoms with Crippen molar-refractivity contribution in [2.75, 3.05) is 0 Å². The van der Waals surface area contributed by atoms with Gasteiger partial charge in [-0.2, -0.15) is 0 Å². The number of carbonyl (C=O) groups is 2. The summed E-state index contributed by atoms with van der Waals surface area (Å²) in [6.07, 6.45) is 0.777. The van der Waals surface area contributed by atoms with Gasteiger partial charge < -0.3 is 20.3 Å². The number of phenols is 1. The van der Waals surface area contributed by atoms with Gasteiger partial charge in [0.15, 0.2) is 11.3 Å². The minimum Gasteiger partial charge on any atom is -0.508 e. The highest BCUT2D eigenvalue weighted by Crippen LogP contribution is 2.30. The number of carboxylic acid groups (broad SMARTS) is 1. The van der Waals surface area contributed by atoms with Gasteiger partial charge in [0.05, 0.1) is 10.6 Å². The molecule has 144 valence electrons. The number of aliphatic imine (C=N–C) groups is 1. The first-order chi connectivity index (χ1) is 13.3. The maximum absolute atomic E-state index is 12.2. The van der Waals surface area contributed by atoms with Gasteiger partial charge in [-0.25, -0.2) is 9.79 Å². The number of phenolic OH excluding ortho intramolecular Hbond substituents is 1. The Kier molecular flexibility index (Phi) is 5.70. The van der Waals surface area contributed by atoms with Crippen LogP contribution in [-0.4, -0.2) is 33.4 Å². The zero-order chi connectivity index (χ0) is 20.3. The number of nitrogens with zero attached hydrogens (tertiary/aromatic N) is 1. The Labute approximate surface area is 165 Å². The van der Waals surface area contributed by atoms with Gasteiger partial charge in [-0.15, -0.1) is 0 Å². The number of amides is 1. The Morgan fingerprint density at radius 3 is 2.61 bits per heavy atom. The van der Waals surface area contributed by atoms with Gasteiger partial charge in [0, 0.05) is 0 Å². The summed E-state index contributed by atoms with van der Waals surface area (Å²) in [5.74, 6) is -0.693. The number of aryl methyl sites for hydroxylation is 1. The van der Waals surface area contributed by atoms with Gasteiger partial charge in [-0.1, -0.05) is 12.1 Å². The van der Waals surface area contributed by atoms with Crippen LogP contribution in [0.5, 0.6) is 11.5 Å². The molecule has 3 rings (SSSR count). The van der Waals surface area contributed by atoms with Crippen molar-refractivity contribution in [3.63, 3.8) is 0 Å². The van der Waals surface area contributed by atoms with Crippen molar-refractivity contribution in [1.82, 2.24) is 5.32 Å². The number of aromatic hydroxyl groups is 1. The standard InChI is InChI=1S/C20H18N2O5S/c1-11-9-14(23)5-8-16(11)21-20-22-18(24)17(28-20)10-13-3-6-15(7-4-13)27-12(2)19(25)26/h3-10,12,23H,1-2H3,(H,25,26)(H,21,22,24)/b17-10+. The normalized spacial score (nSPS) is 17.6. The number of nitrogens with one attached hydrogen (secondary N) is 1. The van der Waals surface area contributed by atoms with Crippen molar-refractivity contribution in [2.45, 2.75) is 20.0 Å². The predicted octanol–water partition coefficient (Wildman–Crippen LogP) is 3.44. The van der Waals surface area contributed by atoms with Crippen LogP contribution < -0.4 is 10.1 Å². The van der Waals surface area contributed by atoms with Crippen molar-refractivity contribution < 1.29 is 24.5 Å². The largest absolute Gasteiger partial charge is 0.508 e. The van der Waals surface area contributed by atoms with Gasteiger partial charge in [-0.05, 0) is 73.1 Å². The minimum atomic E-state index is -1.04. The molecule has 0 spiro atoms. The molecule has 8 heteroatoms. The maximum Gasteiger partial charge on any atom is 0.344 e. The van der Waals surface area contributed by atoms with Crippen molar-refractivity contribution in [2.24, 2.45) is 4.99 Å². The lowest BCUT2D eigenvalue weighted by Gasteiger charge is -2.10. The first kappa shape index (κ1) is 19.5. The summed E-state index contributed by atoms with van der Waals surface area (Å²) in [5, 5.41) is 21.5. The van der Waals surface area contributed by atoms with E-state index >= 15 is 0 Å². The van der Waals surface area contributed by atoms with Crippen LogP contribution in [0.25, 0.3) is 6.08 Å². The Hall–Kier alpha value is -3.26. The molecule has 3 N–H and O–H groups in total. The van der Waals surface area contributed by atoms with E-state index in [9.17, 15) is 14.7 Å². The molecule has 1 atom stereocenters. The average Bonchev–Trinajstić information content (AvgIpc) is 2.98. The fraction of sp³-hybridized carbons (Fsp3) is 0.150. The molecule has 2 aromatic rings. The Balaban J connectivity index is 1.73. The molecule has 0 saturated carbocycles. The summed E-state index contributed by atoms with van der Waals surface area (Å²) in [4.78, 5) is 27.9. The fourth-order valence-electron chi connectivity index (χ4n) is 2.40. The van der Waals surface area contributed by atoms with E-state index in [1.54, 1.807) is 48.5 Å². The molecule has 7 nitrogen and oxygen atoms in total. The number of aliphatic carboxylic acids is 1. The highest BCUT2D eigenvalue weighted by molar-refractivity contribution is 8.18. The van der Waals surface area contributed by atoms with Crippen LogP contribution in [0.15, 0.2) is 52.4 Å². The number of rotatable bonds is 5. The number of hydrogen-bond acceptors (Lipinski definition) is 6. The van der Waals surface area contributed by atoms with E-state index in [1.165, 1.54) is 18.7 Å². The predicted molar refractivity (Wildman–Crippen MR) is 108 cm³/mol. The van der Waals surface area contributed by atoms with Crippen LogP contribution >= 0.6 is 11.8 Å². The Morgan fingerprint density at radius 1 is 1.25 bits per heavy atom. The molecule has 2 aromatic carbocycles. The van der Waals surface area contributed by atoms with Crippen LogP contribution in [0.3, 0.4) is 0 Å². The van der Waals surface area contributed by atoms with Gasteiger partial charge in [0.2, 0.25) is 0 Å². The molecule has 0 radical (unpaired) electrons. The molecular formula is C20H18N2O5S. The third kappa shape index (κ3) is 4.72. The van der Waals surface area contributed by atoms with Gasteiger partial charge in [0.1, 0.15) is 11.5 Å². The zero-order valence-electron chi connectivity index (χ0n) is 15.2. The third-order valence-corrected chi connectivity index (χ3v) is 4.80. The van der Waals surface area contributed by atoms with Crippen LogP contribution in [-0.2, 0) is 9.59 Å². The Bertz CT molecular complexity index is 983. The summed E-state index contributed by atoms with van der Waals surface area (Å²) < 4.78 is 5.28. The van der Waals surface area contributed by atoms with E-state index in [-0.39, 0.29) is 11.7 Å². The van der Waals surface area contributed by atoms with E-state index in [0.717, 1.165) is 11.1 Å². The van der Waals surface area contributed by atoms with Gasteiger partial charge >= 0.3 is 5.97 Å². The third-order valence-electron chi connectivity index (χ3n) is 3.89. The maximum atomic E-state index is 12.2. The van der Waals surface area contributed by atoms with Gasteiger partial charge in [-0.3, -0.25) is 4.79 Å². The molecule has 0 bridgehead atoms. The zero-order valence-corrected chi connectivity index (χ0v) is 16.0. The number of thioether (sulfide) groups is 1.